The third-order valence-electron chi connectivity index (χ3n) is 4.99. The monoisotopic (exact) mass is 603 g/mol. The molecular formula is C28H21F4N3O8. The zero-order valence-corrected chi connectivity index (χ0v) is 22.2. The zero-order valence-electron chi connectivity index (χ0n) is 22.2. The van der Waals surface area contributed by atoms with E-state index in [1.807, 2.05) is 6.07 Å². The van der Waals surface area contributed by atoms with Crippen LogP contribution in [0.15, 0.2) is 73.1 Å². The van der Waals surface area contributed by atoms with Crippen molar-refractivity contribution in [2.45, 2.75) is 13.2 Å². The van der Waals surface area contributed by atoms with E-state index < -0.39 is 19.2 Å². The molecule has 0 radical (unpaired) electrons. The first-order chi connectivity index (χ1) is 20.6. The van der Waals surface area contributed by atoms with E-state index in [1.165, 1.54) is 87.3 Å². The van der Waals surface area contributed by atoms with Gasteiger partial charge in [0.15, 0.2) is 28.7 Å². The molecule has 0 saturated carbocycles. The van der Waals surface area contributed by atoms with Gasteiger partial charge in [-0.05, 0) is 48.5 Å². The van der Waals surface area contributed by atoms with Crippen LogP contribution in [-0.4, -0.2) is 48.5 Å². The minimum absolute atomic E-state index is 0.00587. The summed E-state index contributed by atoms with van der Waals surface area (Å²) in [7, 11) is 2.79. The molecule has 4 aromatic rings. The average molecular weight is 603 g/mol. The number of hydrogen-bond donors (Lipinski definition) is 1. The molecule has 0 aliphatic heterocycles. The third kappa shape index (κ3) is 9.67. The number of benzene rings is 2. The van der Waals surface area contributed by atoms with Crippen LogP contribution < -0.4 is 28.4 Å². The van der Waals surface area contributed by atoms with E-state index in [2.05, 4.69) is 19.4 Å². The van der Waals surface area contributed by atoms with Gasteiger partial charge in [-0.1, -0.05) is 0 Å². The van der Waals surface area contributed by atoms with Gasteiger partial charge in [0.25, 0.3) is 0 Å². The summed E-state index contributed by atoms with van der Waals surface area (Å²) in [5, 5.41) is 17.6. The van der Waals surface area contributed by atoms with Gasteiger partial charge in [-0.2, -0.15) is 22.8 Å². The van der Waals surface area contributed by atoms with Crippen LogP contribution in [0.5, 0.6) is 46.0 Å². The maximum absolute atomic E-state index is 12.0. The fourth-order valence-corrected chi connectivity index (χ4v) is 3.13. The predicted octanol–water partition coefficient (Wildman–Crippen LogP) is 6.54. The summed E-state index contributed by atoms with van der Waals surface area (Å²) in [6.45, 7) is -5.78. The van der Waals surface area contributed by atoms with E-state index in [0.29, 0.717) is 23.0 Å². The number of methoxy groups -OCH3 is 2. The summed E-state index contributed by atoms with van der Waals surface area (Å²) in [4.78, 5) is 18.4. The average Bonchev–Trinajstić information content (AvgIpc) is 2.99. The van der Waals surface area contributed by atoms with E-state index in [0.717, 1.165) is 0 Å². The van der Waals surface area contributed by atoms with Crippen molar-refractivity contribution in [3.05, 3.63) is 84.4 Å². The Hall–Kier alpha value is -5.78. The molecule has 224 valence electrons. The fourth-order valence-electron chi connectivity index (χ4n) is 3.13. The number of pyridine rings is 2. The molecule has 11 nitrogen and oxygen atoms in total. The number of carboxylic acid groups (broad SMARTS) is 1. The fraction of sp³-hybridized carbons (Fsp3) is 0.143. The summed E-state index contributed by atoms with van der Waals surface area (Å²) in [6.07, 6.45) is 2.55. The molecule has 2 heterocycles. The molecule has 0 aliphatic rings. The van der Waals surface area contributed by atoms with E-state index in [-0.39, 0.29) is 34.4 Å². The number of ether oxygens (including phenoxy) is 6. The Morgan fingerprint density at radius 2 is 1.14 bits per heavy atom. The van der Waals surface area contributed by atoms with E-state index in [4.69, 9.17) is 29.3 Å². The highest BCUT2D eigenvalue weighted by Gasteiger charge is 2.13. The first-order valence-corrected chi connectivity index (χ1v) is 11.8. The van der Waals surface area contributed by atoms with Crippen LogP contribution in [0.4, 0.5) is 17.6 Å². The standard InChI is InChI=1S/C14H10F2N2O3.C14H11F2NO5/c1-19-12-6-9(7-17)18-8-13(12)20-10-2-4-11(5-3-10)21-14(15)16;1-20-11-6-10(13(18)19)17-7-12(11)21-8-2-4-9(5-3-8)22-14(15)16/h2-6,8,14H,1H3;2-7,14H,1H3,(H,18,19). The van der Waals surface area contributed by atoms with Gasteiger partial charge in [0, 0.05) is 12.1 Å². The maximum atomic E-state index is 12.0. The molecule has 43 heavy (non-hydrogen) atoms. The van der Waals surface area contributed by atoms with E-state index in [9.17, 15) is 22.4 Å². The molecule has 0 amide bonds. The largest absolute Gasteiger partial charge is 0.493 e. The Morgan fingerprint density at radius 3 is 1.53 bits per heavy atom. The molecule has 2 aromatic carbocycles. The van der Waals surface area contributed by atoms with Gasteiger partial charge >= 0.3 is 19.2 Å². The zero-order chi connectivity index (χ0) is 31.4. The lowest BCUT2D eigenvalue weighted by atomic mass is 10.3. The van der Waals surface area contributed by atoms with Gasteiger partial charge < -0.3 is 33.5 Å². The van der Waals surface area contributed by atoms with Gasteiger partial charge in [-0.15, -0.1) is 0 Å². The lowest BCUT2D eigenvalue weighted by Crippen LogP contribution is -2.02. The molecule has 1 N–H and O–H groups in total. The number of halogens is 4. The van der Waals surface area contributed by atoms with Gasteiger partial charge in [0.05, 0.1) is 26.6 Å². The molecule has 2 aromatic heterocycles. The summed E-state index contributed by atoms with van der Waals surface area (Å²) >= 11 is 0. The van der Waals surface area contributed by atoms with Gasteiger partial charge in [0.1, 0.15) is 34.8 Å². The molecule has 0 bridgehead atoms. The molecule has 0 spiro atoms. The molecule has 0 atom stereocenters. The summed E-state index contributed by atoms with van der Waals surface area (Å²) in [5.74, 6) is 0.560. The third-order valence-corrected chi connectivity index (χ3v) is 4.99. The number of aromatic nitrogens is 2. The minimum atomic E-state index is -2.90. The van der Waals surface area contributed by atoms with Crippen LogP contribution in [-0.2, 0) is 0 Å². The van der Waals surface area contributed by atoms with E-state index >= 15 is 0 Å². The van der Waals surface area contributed by atoms with Crippen molar-refractivity contribution in [2.75, 3.05) is 14.2 Å². The Kier molecular flexibility index (Phi) is 11.3. The first-order valence-electron chi connectivity index (χ1n) is 11.8. The van der Waals surface area contributed by atoms with Crippen LogP contribution in [0.25, 0.3) is 0 Å². The number of aromatic carboxylic acids is 1. The van der Waals surface area contributed by atoms with E-state index in [1.54, 1.807) is 0 Å². The van der Waals surface area contributed by atoms with Crippen LogP contribution in [0.3, 0.4) is 0 Å². The Bertz CT molecular complexity index is 1550. The molecule has 0 aliphatic carbocycles. The van der Waals surface area contributed by atoms with Crippen molar-refractivity contribution in [2.24, 2.45) is 0 Å². The summed E-state index contributed by atoms with van der Waals surface area (Å²) in [5.41, 5.74) is 0.00441. The molecule has 4 rings (SSSR count). The van der Waals surface area contributed by atoms with Crippen molar-refractivity contribution in [1.82, 2.24) is 9.97 Å². The highest BCUT2D eigenvalue weighted by atomic mass is 19.3. The van der Waals surface area contributed by atoms with Crippen molar-refractivity contribution in [3.8, 4) is 52.1 Å². The highest BCUT2D eigenvalue weighted by molar-refractivity contribution is 5.86. The Labute approximate surface area is 241 Å². The second-order valence-corrected chi connectivity index (χ2v) is 7.76. The number of hydrogen-bond acceptors (Lipinski definition) is 10. The Morgan fingerprint density at radius 1 is 0.721 bits per heavy atom. The quantitative estimate of drug-likeness (QED) is 0.187. The maximum Gasteiger partial charge on any atom is 0.387 e. The van der Waals surface area contributed by atoms with Crippen molar-refractivity contribution < 1.29 is 55.9 Å². The number of alkyl halides is 4. The minimum Gasteiger partial charge on any atom is -0.493 e. The molecule has 0 saturated heterocycles. The van der Waals surface area contributed by atoms with Crippen molar-refractivity contribution >= 4 is 5.97 Å². The number of carboxylic acids is 1. The van der Waals surface area contributed by atoms with Gasteiger partial charge in [-0.25, -0.2) is 14.8 Å². The van der Waals surface area contributed by atoms with Crippen LogP contribution in [0, 0.1) is 11.3 Å². The number of carbonyl (C=O) groups is 1. The normalized spacial score (nSPS) is 10.2. The molecule has 0 fully saturated rings. The molecule has 15 heteroatoms. The lowest BCUT2D eigenvalue weighted by molar-refractivity contribution is -0.0505. The van der Waals surface area contributed by atoms with Crippen LogP contribution in [0.1, 0.15) is 16.2 Å². The first kappa shape index (κ1) is 31.7. The lowest BCUT2D eigenvalue weighted by Gasteiger charge is -2.11. The van der Waals surface area contributed by atoms with Gasteiger partial charge in [0.2, 0.25) is 0 Å². The van der Waals surface area contributed by atoms with Crippen LogP contribution >= 0.6 is 0 Å². The number of nitriles is 1. The second kappa shape index (κ2) is 15.3. The summed E-state index contributed by atoms with van der Waals surface area (Å²) < 4.78 is 77.7. The number of rotatable bonds is 11. The SMILES string of the molecule is COc1cc(C#N)ncc1Oc1ccc(OC(F)F)cc1.COc1cc(C(=O)O)ncc1Oc1ccc(OC(F)F)cc1. The van der Waals surface area contributed by atoms with Crippen LogP contribution in [0.2, 0.25) is 0 Å². The smallest absolute Gasteiger partial charge is 0.387 e. The highest BCUT2D eigenvalue weighted by Crippen LogP contribution is 2.33. The van der Waals surface area contributed by atoms with Gasteiger partial charge in [-0.3, -0.25) is 0 Å². The predicted molar refractivity (Wildman–Crippen MR) is 140 cm³/mol. The second-order valence-electron chi connectivity index (χ2n) is 7.76. The Balaban J connectivity index is 0.000000236. The summed E-state index contributed by atoms with van der Waals surface area (Å²) in [6, 6.07) is 15.6. The molecule has 0 unspecified atom stereocenters. The molecular weight excluding hydrogens is 582 g/mol. The van der Waals surface area contributed by atoms with Crippen molar-refractivity contribution in [1.29, 1.82) is 5.26 Å². The van der Waals surface area contributed by atoms with Crippen molar-refractivity contribution in [3.63, 3.8) is 0 Å². The number of nitrogens with zero attached hydrogens (tertiary/aromatic N) is 3. The topological polar surface area (TPSA) is 142 Å².